The summed E-state index contributed by atoms with van der Waals surface area (Å²) in [5.41, 5.74) is 8.62. The van der Waals surface area contributed by atoms with Crippen LogP contribution >= 0.6 is 11.3 Å². The summed E-state index contributed by atoms with van der Waals surface area (Å²) in [6, 6.07) is 28.1. The Morgan fingerprint density at radius 1 is 0.838 bits per heavy atom. The molecular formula is C31H28N4OS. The average molecular weight is 505 g/mol. The Balaban J connectivity index is 1.13. The van der Waals surface area contributed by atoms with Crippen LogP contribution in [0.4, 0.5) is 0 Å². The lowest BCUT2D eigenvalue weighted by molar-refractivity contribution is 0.0604. The minimum Gasteiger partial charge on any atom is -0.335 e. The molecule has 1 aliphatic carbocycles. The van der Waals surface area contributed by atoms with Crippen LogP contribution in [0.2, 0.25) is 0 Å². The topological polar surface area (TPSA) is 41.4 Å². The summed E-state index contributed by atoms with van der Waals surface area (Å²) < 4.78 is 1.99. The van der Waals surface area contributed by atoms with Crippen molar-refractivity contribution in [3.8, 4) is 16.8 Å². The Hall–Kier alpha value is -3.74. The highest BCUT2D eigenvalue weighted by Crippen LogP contribution is 2.46. The van der Waals surface area contributed by atoms with Gasteiger partial charge in [-0.3, -0.25) is 9.69 Å². The Morgan fingerprint density at radius 3 is 2.14 bits per heavy atom. The van der Waals surface area contributed by atoms with Crippen LogP contribution in [-0.4, -0.2) is 51.7 Å². The van der Waals surface area contributed by atoms with E-state index in [0.29, 0.717) is 0 Å². The smallest absolute Gasteiger partial charge is 0.264 e. The molecule has 0 N–H and O–H groups in total. The monoisotopic (exact) mass is 504 g/mol. The molecule has 6 heteroatoms. The molecule has 7 rings (SSSR count). The lowest BCUT2D eigenvalue weighted by atomic mass is 10.0. The first-order valence-electron chi connectivity index (χ1n) is 12.9. The van der Waals surface area contributed by atoms with Gasteiger partial charge in [0.25, 0.3) is 5.91 Å². The number of rotatable bonds is 3. The van der Waals surface area contributed by atoms with E-state index in [4.69, 9.17) is 5.10 Å². The zero-order valence-electron chi connectivity index (χ0n) is 21.0. The minimum atomic E-state index is 0.129. The van der Waals surface area contributed by atoms with Crippen molar-refractivity contribution in [2.24, 2.45) is 0 Å². The number of hydrogen-bond acceptors (Lipinski definition) is 4. The summed E-state index contributed by atoms with van der Waals surface area (Å²) in [5, 5.41) is 5.84. The van der Waals surface area contributed by atoms with Crippen LogP contribution in [0.1, 0.15) is 38.1 Å². The third-order valence-electron chi connectivity index (χ3n) is 7.87. The standard InChI is InChI=1S/C31H28N4OS/c1-20-9-3-8-14-27(20)35-31-26(21(2)32-35)19-28(37-31)30(36)34-17-15-33(16-18-34)29-24-12-6-4-10-22(24)23-11-5-7-13-25(23)29/h3-14,19,29H,15-18H2,1-2H3. The Morgan fingerprint density at radius 2 is 1.46 bits per heavy atom. The van der Waals surface area contributed by atoms with Gasteiger partial charge in [-0.2, -0.15) is 5.10 Å². The van der Waals surface area contributed by atoms with Crippen LogP contribution < -0.4 is 0 Å². The van der Waals surface area contributed by atoms with Gasteiger partial charge in [-0.15, -0.1) is 11.3 Å². The van der Waals surface area contributed by atoms with Gasteiger partial charge in [0.2, 0.25) is 0 Å². The molecule has 5 aromatic rings. The van der Waals surface area contributed by atoms with Crippen LogP contribution in [0.5, 0.6) is 0 Å². The van der Waals surface area contributed by atoms with Gasteiger partial charge in [-0.1, -0.05) is 66.7 Å². The van der Waals surface area contributed by atoms with E-state index in [0.717, 1.165) is 52.7 Å². The fraction of sp³-hybridized carbons (Fsp3) is 0.226. The predicted octanol–water partition coefficient (Wildman–Crippen LogP) is 6.23. The van der Waals surface area contributed by atoms with Crippen molar-refractivity contribution < 1.29 is 4.79 Å². The molecule has 1 fully saturated rings. The van der Waals surface area contributed by atoms with Crippen molar-refractivity contribution in [3.63, 3.8) is 0 Å². The molecule has 37 heavy (non-hydrogen) atoms. The minimum absolute atomic E-state index is 0.129. The first-order valence-corrected chi connectivity index (χ1v) is 13.7. The van der Waals surface area contributed by atoms with Gasteiger partial charge in [0.1, 0.15) is 4.83 Å². The number of carbonyl (C=O) groups is 1. The summed E-state index contributed by atoms with van der Waals surface area (Å²) in [6.07, 6.45) is 0. The molecule has 0 bridgehead atoms. The SMILES string of the molecule is Cc1ccccc1-n1nc(C)c2cc(C(=O)N3CCN(C4c5ccccc5-c5ccccc54)CC3)sc21. The number of amides is 1. The first-order chi connectivity index (χ1) is 18.1. The Kier molecular flexibility index (Phi) is 5.27. The van der Waals surface area contributed by atoms with Crippen molar-refractivity contribution >= 4 is 27.5 Å². The normalized spacial score (nSPS) is 15.8. The average Bonchev–Trinajstić information content (AvgIpc) is 3.60. The summed E-state index contributed by atoms with van der Waals surface area (Å²) in [5.74, 6) is 0.129. The molecule has 184 valence electrons. The second-order valence-electron chi connectivity index (χ2n) is 10.0. The van der Waals surface area contributed by atoms with Crippen molar-refractivity contribution in [2.45, 2.75) is 19.9 Å². The van der Waals surface area contributed by atoms with Crippen molar-refractivity contribution in [1.29, 1.82) is 0 Å². The van der Waals surface area contributed by atoms with Crippen molar-refractivity contribution in [1.82, 2.24) is 19.6 Å². The van der Waals surface area contributed by atoms with E-state index in [9.17, 15) is 4.79 Å². The van der Waals surface area contributed by atoms with Crippen molar-refractivity contribution in [3.05, 3.63) is 106 Å². The number of piperazine rings is 1. The molecule has 0 saturated carbocycles. The summed E-state index contributed by atoms with van der Waals surface area (Å²) in [7, 11) is 0. The maximum atomic E-state index is 13.6. The maximum absolute atomic E-state index is 13.6. The molecule has 1 amide bonds. The van der Waals surface area contributed by atoms with Gasteiger partial charge in [-0.05, 0) is 53.8 Å². The molecule has 0 atom stereocenters. The molecule has 3 aromatic carbocycles. The molecule has 0 spiro atoms. The zero-order chi connectivity index (χ0) is 25.1. The highest BCUT2D eigenvalue weighted by Gasteiger charge is 2.35. The number of hydrogen-bond donors (Lipinski definition) is 0. The summed E-state index contributed by atoms with van der Waals surface area (Å²) in [6.45, 7) is 7.31. The lowest BCUT2D eigenvalue weighted by Crippen LogP contribution is -2.49. The molecule has 0 radical (unpaired) electrons. The largest absolute Gasteiger partial charge is 0.335 e. The second-order valence-corrected chi connectivity index (χ2v) is 11.0. The van der Waals surface area contributed by atoms with E-state index >= 15 is 0 Å². The number of carbonyl (C=O) groups excluding carboxylic acids is 1. The highest BCUT2D eigenvalue weighted by molar-refractivity contribution is 7.20. The van der Waals surface area contributed by atoms with Crippen LogP contribution in [0.25, 0.3) is 27.0 Å². The van der Waals surface area contributed by atoms with Gasteiger partial charge >= 0.3 is 0 Å². The molecule has 1 aliphatic heterocycles. The van der Waals surface area contributed by atoms with Gasteiger partial charge < -0.3 is 4.90 Å². The number of fused-ring (bicyclic) bond motifs is 4. The van der Waals surface area contributed by atoms with Gasteiger partial charge in [0, 0.05) is 31.6 Å². The molecule has 1 saturated heterocycles. The molecule has 2 aromatic heterocycles. The number of aryl methyl sites for hydroxylation is 2. The third kappa shape index (κ3) is 3.55. The molecular weight excluding hydrogens is 476 g/mol. The quantitative estimate of drug-likeness (QED) is 0.292. The molecule has 5 nitrogen and oxygen atoms in total. The van der Waals surface area contributed by atoms with Gasteiger partial charge in [0.15, 0.2) is 0 Å². The molecule has 0 unspecified atom stereocenters. The number of para-hydroxylation sites is 1. The number of benzene rings is 3. The summed E-state index contributed by atoms with van der Waals surface area (Å²) >= 11 is 1.55. The number of aromatic nitrogens is 2. The van der Waals surface area contributed by atoms with Gasteiger partial charge in [0.05, 0.1) is 22.3 Å². The molecule has 3 heterocycles. The fourth-order valence-corrected chi connectivity index (χ4v) is 7.12. The Bertz CT molecular complexity index is 1610. The zero-order valence-corrected chi connectivity index (χ0v) is 21.8. The van der Waals surface area contributed by atoms with Crippen LogP contribution in [0.15, 0.2) is 78.9 Å². The van der Waals surface area contributed by atoms with E-state index in [-0.39, 0.29) is 11.9 Å². The first kappa shape index (κ1) is 22.5. The Labute approximate surface area is 220 Å². The fourth-order valence-electron chi connectivity index (χ4n) is 5.98. The van der Waals surface area contributed by atoms with Crippen LogP contribution in [0, 0.1) is 13.8 Å². The van der Waals surface area contributed by atoms with Crippen LogP contribution in [0.3, 0.4) is 0 Å². The third-order valence-corrected chi connectivity index (χ3v) is 8.97. The summed E-state index contributed by atoms with van der Waals surface area (Å²) in [4.78, 5) is 20.0. The van der Waals surface area contributed by atoms with E-state index in [2.05, 4.69) is 72.5 Å². The predicted molar refractivity (Wildman–Crippen MR) is 150 cm³/mol. The number of nitrogens with zero attached hydrogens (tertiary/aromatic N) is 4. The van der Waals surface area contributed by atoms with E-state index < -0.39 is 0 Å². The lowest BCUT2D eigenvalue weighted by Gasteiger charge is -2.38. The second kappa shape index (κ2) is 8.68. The maximum Gasteiger partial charge on any atom is 0.264 e. The van der Waals surface area contributed by atoms with Crippen molar-refractivity contribution in [2.75, 3.05) is 26.2 Å². The van der Waals surface area contributed by atoms with E-state index in [1.54, 1.807) is 11.3 Å². The highest BCUT2D eigenvalue weighted by atomic mass is 32.1. The van der Waals surface area contributed by atoms with Gasteiger partial charge in [-0.25, -0.2) is 4.68 Å². The van der Waals surface area contributed by atoms with E-state index in [1.165, 1.54) is 27.8 Å². The molecule has 2 aliphatic rings. The number of thiophene rings is 1. The van der Waals surface area contributed by atoms with E-state index in [1.807, 2.05) is 34.7 Å². The van der Waals surface area contributed by atoms with Crippen LogP contribution in [-0.2, 0) is 0 Å².